The number of nitrogens with zero attached hydrogens (tertiary/aromatic N) is 5. The van der Waals surface area contributed by atoms with Crippen LogP contribution in [0.5, 0.6) is 0 Å². The first-order chi connectivity index (χ1) is 13.9. The van der Waals surface area contributed by atoms with Gasteiger partial charge in [-0.1, -0.05) is 0 Å². The lowest BCUT2D eigenvalue weighted by Gasteiger charge is -2.37. The van der Waals surface area contributed by atoms with Crippen LogP contribution in [-0.2, 0) is 0 Å². The molecule has 7 nitrogen and oxygen atoms in total. The first kappa shape index (κ1) is 18.3. The first-order valence-corrected chi connectivity index (χ1v) is 9.85. The number of carbonyl (C=O) groups is 1. The molecule has 5 heterocycles. The molecule has 1 N–H and O–H groups in total. The molecule has 2 saturated heterocycles. The van der Waals surface area contributed by atoms with E-state index in [2.05, 4.69) is 15.0 Å². The number of rotatable bonds is 1. The number of H-pyrrole nitrogens is 1. The Morgan fingerprint density at radius 3 is 2.79 bits per heavy atom. The average molecular weight is 406 g/mol. The Morgan fingerprint density at radius 1 is 1.14 bits per heavy atom. The maximum absolute atomic E-state index is 13.3. The van der Waals surface area contributed by atoms with Crippen LogP contribution < -0.4 is 0 Å². The molecular weight excluding hydrogens is 385 g/mol. The van der Waals surface area contributed by atoms with Gasteiger partial charge < -0.3 is 14.8 Å². The highest BCUT2D eigenvalue weighted by molar-refractivity contribution is 5.76. The summed E-state index contributed by atoms with van der Waals surface area (Å²) >= 11 is 0. The lowest BCUT2D eigenvalue weighted by molar-refractivity contribution is -0.170. The molecule has 0 radical (unpaired) electrons. The van der Waals surface area contributed by atoms with Gasteiger partial charge in [0.25, 0.3) is 0 Å². The molecule has 0 spiro atoms. The summed E-state index contributed by atoms with van der Waals surface area (Å²) in [6.07, 6.45) is 2.88. The number of halogens is 3. The van der Waals surface area contributed by atoms with E-state index < -0.39 is 18.2 Å². The lowest BCUT2D eigenvalue weighted by Crippen LogP contribution is -2.52. The number of hydrogen-bond acceptors (Lipinski definition) is 3. The number of alkyl halides is 3. The summed E-state index contributed by atoms with van der Waals surface area (Å²) < 4.78 is 41.9. The van der Waals surface area contributed by atoms with Crippen molar-refractivity contribution < 1.29 is 18.0 Å². The maximum Gasteiger partial charge on any atom is 0.408 e. The lowest BCUT2D eigenvalue weighted by atomic mass is 9.95. The van der Waals surface area contributed by atoms with Gasteiger partial charge in [0.05, 0.1) is 11.7 Å². The van der Waals surface area contributed by atoms with Crippen LogP contribution in [-0.4, -0.2) is 67.0 Å². The molecule has 2 aliphatic heterocycles. The molecule has 2 fully saturated rings. The van der Waals surface area contributed by atoms with E-state index in [0.29, 0.717) is 25.2 Å². The Bertz CT molecular complexity index is 1060. The number of amides is 2. The predicted octanol–water partition coefficient (Wildman–Crippen LogP) is 3.54. The van der Waals surface area contributed by atoms with Gasteiger partial charge >= 0.3 is 12.2 Å². The third kappa shape index (κ3) is 3.01. The van der Waals surface area contributed by atoms with Crippen molar-refractivity contribution in [3.8, 4) is 0 Å². The van der Waals surface area contributed by atoms with E-state index in [4.69, 9.17) is 0 Å². The van der Waals surface area contributed by atoms with Crippen molar-refractivity contribution in [3.63, 3.8) is 0 Å². The van der Waals surface area contributed by atoms with E-state index in [1.54, 1.807) is 17.3 Å². The fourth-order valence-corrected chi connectivity index (χ4v) is 4.69. The van der Waals surface area contributed by atoms with E-state index in [1.807, 2.05) is 16.7 Å². The number of imidazole rings is 1. The molecule has 154 valence electrons. The zero-order chi connectivity index (χ0) is 20.2. The van der Waals surface area contributed by atoms with Crippen molar-refractivity contribution in [1.29, 1.82) is 0 Å². The maximum atomic E-state index is 13.3. The van der Waals surface area contributed by atoms with E-state index in [-0.39, 0.29) is 18.9 Å². The molecule has 2 atom stereocenters. The quantitative estimate of drug-likeness (QED) is 0.672. The first-order valence-electron chi connectivity index (χ1n) is 9.85. The minimum absolute atomic E-state index is 0.00939. The number of nitrogens with one attached hydrogen (secondary N) is 1. The van der Waals surface area contributed by atoms with E-state index in [1.165, 1.54) is 0 Å². The number of piperidine rings is 1. The Kier molecular flexibility index (Phi) is 4.18. The SMILES string of the molecule is O=C(N1CCC[C@@H](c2cnc3cnc4[nH]ccc4n23)C1)N1CCC[C@@H]1C(F)(F)F. The summed E-state index contributed by atoms with van der Waals surface area (Å²) in [5, 5.41) is 0. The Hall–Kier alpha value is -2.78. The van der Waals surface area contributed by atoms with Crippen LogP contribution >= 0.6 is 0 Å². The molecule has 3 aromatic rings. The van der Waals surface area contributed by atoms with Crippen molar-refractivity contribution in [2.45, 2.75) is 43.8 Å². The van der Waals surface area contributed by atoms with Gasteiger partial charge in [-0.15, -0.1) is 0 Å². The van der Waals surface area contributed by atoms with E-state index in [9.17, 15) is 18.0 Å². The molecule has 0 aliphatic carbocycles. The summed E-state index contributed by atoms with van der Waals surface area (Å²) in [5.41, 5.74) is 3.31. The third-order valence-electron chi connectivity index (χ3n) is 6.06. The van der Waals surface area contributed by atoms with Crippen LogP contribution in [0, 0.1) is 0 Å². The minimum Gasteiger partial charge on any atom is -0.345 e. The predicted molar refractivity (Wildman–Crippen MR) is 99.6 cm³/mol. The van der Waals surface area contributed by atoms with Crippen LogP contribution in [0.25, 0.3) is 16.8 Å². The topological polar surface area (TPSA) is 69.5 Å². The number of fused-ring (bicyclic) bond motifs is 3. The standard InChI is InChI=1S/C19H21F3N6O/c20-19(21,22)15-4-2-8-27(15)18(29)26-7-1-3-12(11-26)14-9-24-16-10-25-17-13(28(14)16)5-6-23-17/h5-6,9-10,12,15,23H,1-4,7-8,11H2/t12-,15-/m1/s1. The summed E-state index contributed by atoms with van der Waals surface area (Å²) in [6, 6.07) is -0.252. The molecule has 0 bridgehead atoms. The molecule has 0 unspecified atom stereocenters. The molecular formula is C19H21F3N6O. The number of aromatic amines is 1. The molecule has 2 amide bonds. The van der Waals surface area contributed by atoms with Crippen LogP contribution in [0.3, 0.4) is 0 Å². The van der Waals surface area contributed by atoms with Crippen LogP contribution in [0.4, 0.5) is 18.0 Å². The minimum atomic E-state index is -4.38. The van der Waals surface area contributed by atoms with Gasteiger partial charge in [0, 0.05) is 43.6 Å². The number of likely N-dealkylation sites (tertiary alicyclic amines) is 2. The Balaban J connectivity index is 1.42. The average Bonchev–Trinajstić information content (AvgIpc) is 3.44. The smallest absolute Gasteiger partial charge is 0.345 e. The van der Waals surface area contributed by atoms with Crippen molar-refractivity contribution in [3.05, 3.63) is 30.4 Å². The summed E-state index contributed by atoms with van der Waals surface area (Å²) in [5.74, 6) is 0.00939. The molecule has 0 saturated carbocycles. The van der Waals surface area contributed by atoms with Crippen molar-refractivity contribution >= 4 is 22.8 Å². The monoisotopic (exact) mass is 406 g/mol. The van der Waals surface area contributed by atoms with E-state index >= 15 is 0 Å². The second-order valence-corrected chi connectivity index (χ2v) is 7.81. The molecule has 29 heavy (non-hydrogen) atoms. The van der Waals surface area contributed by atoms with Crippen LogP contribution in [0.1, 0.15) is 37.3 Å². The van der Waals surface area contributed by atoms with Gasteiger partial charge in [-0.3, -0.25) is 4.40 Å². The number of carbonyl (C=O) groups excluding carboxylic acids is 1. The Morgan fingerprint density at radius 2 is 1.97 bits per heavy atom. The van der Waals surface area contributed by atoms with Crippen molar-refractivity contribution in [1.82, 2.24) is 29.2 Å². The highest BCUT2D eigenvalue weighted by Gasteiger charge is 2.48. The van der Waals surface area contributed by atoms with Gasteiger partial charge in [-0.25, -0.2) is 14.8 Å². The normalized spacial score (nSPS) is 23.4. The van der Waals surface area contributed by atoms with Gasteiger partial charge in [-0.2, -0.15) is 13.2 Å². The van der Waals surface area contributed by atoms with E-state index in [0.717, 1.165) is 34.6 Å². The molecule has 5 rings (SSSR count). The zero-order valence-electron chi connectivity index (χ0n) is 15.7. The van der Waals surface area contributed by atoms with Gasteiger partial charge in [0.2, 0.25) is 0 Å². The third-order valence-corrected chi connectivity index (χ3v) is 6.06. The largest absolute Gasteiger partial charge is 0.408 e. The van der Waals surface area contributed by atoms with Gasteiger partial charge in [0.15, 0.2) is 11.3 Å². The zero-order valence-corrected chi connectivity index (χ0v) is 15.7. The fourth-order valence-electron chi connectivity index (χ4n) is 4.69. The number of aromatic nitrogens is 4. The summed E-state index contributed by atoms with van der Waals surface area (Å²) in [6.45, 7) is 1.03. The molecule has 3 aromatic heterocycles. The summed E-state index contributed by atoms with van der Waals surface area (Å²) in [4.78, 5) is 27.4. The van der Waals surface area contributed by atoms with Crippen LogP contribution in [0.15, 0.2) is 24.7 Å². The van der Waals surface area contributed by atoms with Gasteiger partial charge in [0.1, 0.15) is 6.04 Å². The fraction of sp³-hybridized carbons (Fsp3) is 0.526. The van der Waals surface area contributed by atoms with Gasteiger partial charge in [-0.05, 0) is 31.7 Å². The number of urea groups is 1. The molecule has 10 heteroatoms. The highest BCUT2D eigenvalue weighted by atomic mass is 19.4. The van der Waals surface area contributed by atoms with Crippen LogP contribution in [0.2, 0.25) is 0 Å². The Labute approximate surface area is 164 Å². The summed E-state index contributed by atoms with van der Waals surface area (Å²) in [7, 11) is 0. The molecule has 2 aliphatic rings. The van der Waals surface area contributed by atoms with Crippen molar-refractivity contribution in [2.75, 3.05) is 19.6 Å². The second-order valence-electron chi connectivity index (χ2n) is 7.81. The number of hydrogen-bond donors (Lipinski definition) is 1. The van der Waals surface area contributed by atoms with Crippen molar-refractivity contribution in [2.24, 2.45) is 0 Å². The second kappa shape index (κ2) is 6.64. The molecule has 0 aromatic carbocycles. The highest BCUT2D eigenvalue weighted by Crippen LogP contribution is 2.35.